The molecule has 12 nitrogen and oxygen atoms in total. The molecule has 0 saturated carbocycles. The van der Waals surface area contributed by atoms with Gasteiger partial charge in [0.15, 0.2) is 11.9 Å². The number of carbonyl (C=O) groups is 2. The van der Waals surface area contributed by atoms with Crippen molar-refractivity contribution in [1.29, 1.82) is 0 Å². The van der Waals surface area contributed by atoms with Crippen molar-refractivity contribution >= 4 is 12.0 Å². The van der Waals surface area contributed by atoms with Crippen LogP contribution >= 0.6 is 0 Å². The van der Waals surface area contributed by atoms with E-state index in [-0.39, 0.29) is 18.3 Å². The maximum Gasteiger partial charge on any atom is 0.328 e. The third-order valence-corrected chi connectivity index (χ3v) is 3.25. The number of rotatable bonds is 8. The number of imidazole rings is 1. The monoisotopic (exact) mass is 353 g/mol. The summed E-state index contributed by atoms with van der Waals surface area (Å²) >= 11 is 0. The Balaban J connectivity index is 1.84. The van der Waals surface area contributed by atoms with E-state index in [2.05, 4.69) is 30.7 Å². The molecule has 2 aromatic rings. The van der Waals surface area contributed by atoms with Crippen LogP contribution in [-0.2, 0) is 17.8 Å². The second kappa shape index (κ2) is 8.21. The minimum atomic E-state index is -1.43. The van der Waals surface area contributed by atoms with Crippen LogP contribution in [0.4, 0.5) is 4.79 Å². The van der Waals surface area contributed by atoms with Gasteiger partial charge in [-0.1, -0.05) is 5.16 Å². The number of nitrogens with two attached hydrogens (primary N) is 1. The molecule has 136 valence electrons. The third-order valence-electron chi connectivity index (χ3n) is 3.25. The number of urea groups is 1. The number of amides is 2. The van der Waals surface area contributed by atoms with Gasteiger partial charge < -0.3 is 36.1 Å². The zero-order chi connectivity index (χ0) is 18.4. The molecule has 2 unspecified atom stereocenters. The molecule has 0 aliphatic carbocycles. The Morgan fingerprint density at radius 2 is 2.24 bits per heavy atom. The van der Waals surface area contributed by atoms with Crippen LogP contribution in [0, 0.1) is 0 Å². The van der Waals surface area contributed by atoms with Gasteiger partial charge in [-0.05, 0) is 6.92 Å². The molecule has 0 radical (unpaired) electrons. The molecular formula is C13H19N7O5. The van der Waals surface area contributed by atoms with Gasteiger partial charge in [0.1, 0.15) is 0 Å². The van der Waals surface area contributed by atoms with Gasteiger partial charge in [0.25, 0.3) is 0 Å². The predicted octanol–water partition coefficient (Wildman–Crippen LogP) is -1.33. The number of nitrogens with one attached hydrogen (secondary N) is 3. The van der Waals surface area contributed by atoms with E-state index in [1.54, 1.807) is 6.20 Å². The highest BCUT2D eigenvalue weighted by molar-refractivity contribution is 5.82. The minimum absolute atomic E-state index is 0.106. The van der Waals surface area contributed by atoms with Crippen molar-refractivity contribution in [2.75, 3.05) is 0 Å². The maximum absolute atomic E-state index is 11.7. The summed E-state index contributed by atoms with van der Waals surface area (Å²) in [5.74, 6) is -0.983. The number of aliphatic carboxylic acids is 1. The number of aliphatic hydroxyl groups is 1. The average Bonchev–Trinajstić information content (AvgIpc) is 3.21. The number of hydrogen-bond donors (Lipinski definition) is 6. The van der Waals surface area contributed by atoms with Crippen molar-refractivity contribution in [2.45, 2.75) is 38.1 Å². The lowest BCUT2D eigenvalue weighted by molar-refractivity contribution is -0.141. The summed E-state index contributed by atoms with van der Waals surface area (Å²) < 4.78 is 4.98. The number of carboxylic acids is 1. The summed E-state index contributed by atoms with van der Waals surface area (Å²) in [6.07, 6.45) is 2.35. The van der Waals surface area contributed by atoms with Gasteiger partial charge in [0.2, 0.25) is 5.89 Å². The molecule has 0 fully saturated rings. The van der Waals surface area contributed by atoms with Gasteiger partial charge in [0, 0.05) is 18.3 Å². The molecule has 2 aromatic heterocycles. The Hall–Kier alpha value is -2.99. The summed E-state index contributed by atoms with van der Waals surface area (Å²) in [6, 6.07) is -2.74. The molecule has 0 spiro atoms. The molecule has 2 amide bonds. The summed E-state index contributed by atoms with van der Waals surface area (Å²) in [5.41, 5.74) is 6.78. The quantitative estimate of drug-likeness (QED) is 0.333. The molecule has 0 aliphatic rings. The Morgan fingerprint density at radius 3 is 2.84 bits per heavy atom. The first-order valence-corrected chi connectivity index (χ1v) is 7.37. The van der Waals surface area contributed by atoms with Gasteiger partial charge >= 0.3 is 12.0 Å². The lowest BCUT2D eigenvalue weighted by Crippen LogP contribution is -2.51. The Kier molecular flexibility index (Phi) is 6.03. The summed E-state index contributed by atoms with van der Waals surface area (Å²) in [4.78, 5) is 33.4. The SMILES string of the molecule is CC(O)C(NC(=O)NCc1nc([C@@H](N)Cc2cnc[nH]2)no1)C(=O)O. The van der Waals surface area contributed by atoms with E-state index in [0.717, 1.165) is 5.69 Å². The largest absolute Gasteiger partial charge is 0.480 e. The fraction of sp³-hybridized carbons (Fsp3) is 0.462. The molecule has 25 heavy (non-hydrogen) atoms. The average molecular weight is 353 g/mol. The zero-order valence-corrected chi connectivity index (χ0v) is 13.3. The van der Waals surface area contributed by atoms with Crippen molar-refractivity contribution in [1.82, 2.24) is 30.7 Å². The Morgan fingerprint density at radius 1 is 1.48 bits per heavy atom. The molecule has 2 heterocycles. The zero-order valence-electron chi connectivity index (χ0n) is 13.3. The number of aromatic amines is 1. The van der Waals surface area contributed by atoms with Crippen molar-refractivity contribution in [2.24, 2.45) is 5.73 Å². The number of hydrogen-bond acceptors (Lipinski definition) is 8. The van der Waals surface area contributed by atoms with Crippen LogP contribution in [0.1, 0.15) is 30.4 Å². The molecule has 2 rings (SSSR count). The topological polar surface area (TPSA) is 192 Å². The number of carbonyl (C=O) groups excluding carboxylic acids is 1. The van der Waals surface area contributed by atoms with E-state index < -0.39 is 30.2 Å². The third kappa shape index (κ3) is 5.26. The van der Waals surface area contributed by atoms with E-state index in [0.29, 0.717) is 6.42 Å². The highest BCUT2D eigenvalue weighted by atomic mass is 16.5. The van der Waals surface area contributed by atoms with Crippen LogP contribution in [-0.4, -0.2) is 54.5 Å². The number of carboxylic acid groups (broad SMARTS) is 1. The van der Waals surface area contributed by atoms with Crippen LogP contribution in [0.15, 0.2) is 17.0 Å². The second-order valence-corrected chi connectivity index (χ2v) is 5.32. The summed E-state index contributed by atoms with van der Waals surface area (Å²) in [7, 11) is 0. The standard InChI is InChI=1S/C13H19N7O5/c1-6(21)10(12(22)23)19-13(24)16-4-9-18-11(20-25-9)8(14)2-7-3-15-5-17-7/h3,5-6,8,10,21H,2,4,14H2,1H3,(H,15,17)(H,22,23)(H2,16,19,24)/t6?,8-,10?/m0/s1. The van der Waals surface area contributed by atoms with Gasteiger partial charge in [-0.2, -0.15) is 4.98 Å². The number of nitrogens with zero attached hydrogens (tertiary/aromatic N) is 3. The van der Waals surface area contributed by atoms with E-state index in [9.17, 15) is 14.7 Å². The van der Waals surface area contributed by atoms with Crippen LogP contribution in [0.3, 0.4) is 0 Å². The summed E-state index contributed by atoms with van der Waals surface area (Å²) in [6.45, 7) is 1.13. The van der Waals surface area contributed by atoms with Crippen LogP contribution in [0.2, 0.25) is 0 Å². The molecular weight excluding hydrogens is 334 g/mol. The van der Waals surface area contributed by atoms with E-state index >= 15 is 0 Å². The van der Waals surface area contributed by atoms with Crippen molar-refractivity contribution in [3.63, 3.8) is 0 Å². The van der Waals surface area contributed by atoms with E-state index in [4.69, 9.17) is 15.4 Å². The van der Waals surface area contributed by atoms with Gasteiger partial charge in [-0.3, -0.25) is 0 Å². The van der Waals surface area contributed by atoms with Crippen molar-refractivity contribution < 1.29 is 24.3 Å². The van der Waals surface area contributed by atoms with Gasteiger partial charge in [-0.25, -0.2) is 14.6 Å². The van der Waals surface area contributed by atoms with Crippen LogP contribution in [0.5, 0.6) is 0 Å². The summed E-state index contributed by atoms with van der Waals surface area (Å²) in [5, 5.41) is 26.4. The highest BCUT2D eigenvalue weighted by Gasteiger charge is 2.25. The van der Waals surface area contributed by atoms with E-state index in [1.165, 1.54) is 13.3 Å². The van der Waals surface area contributed by atoms with Gasteiger partial charge in [0.05, 0.1) is 25.0 Å². The fourth-order valence-electron chi connectivity index (χ4n) is 1.95. The van der Waals surface area contributed by atoms with Crippen LogP contribution in [0.25, 0.3) is 0 Å². The first-order chi connectivity index (χ1) is 11.9. The second-order valence-electron chi connectivity index (χ2n) is 5.32. The molecule has 0 aliphatic heterocycles. The number of aromatic nitrogens is 4. The molecule has 0 bridgehead atoms. The molecule has 12 heteroatoms. The van der Waals surface area contributed by atoms with Crippen molar-refractivity contribution in [3.05, 3.63) is 29.9 Å². The van der Waals surface area contributed by atoms with Gasteiger partial charge in [-0.15, -0.1) is 0 Å². The molecule has 3 atom stereocenters. The lowest BCUT2D eigenvalue weighted by atomic mass is 10.2. The minimum Gasteiger partial charge on any atom is -0.480 e. The number of H-pyrrole nitrogens is 1. The first kappa shape index (κ1) is 18.4. The Bertz CT molecular complexity index is 699. The predicted molar refractivity (Wildman–Crippen MR) is 82.0 cm³/mol. The Labute approximate surface area is 141 Å². The maximum atomic E-state index is 11.7. The highest BCUT2D eigenvalue weighted by Crippen LogP contribution is 2.11. The molecule has 7 N–H and O–H groups in total. The molecule has 0 aromatic carbocycles. The smallest absolute Gasteiger partial charge is 0.328 e. The number of aliphatic hydroxyl groups excluding tert-OH is 1. The molecule has 0 saturated heterocycles. The first-order valence-electron chi connectivity index (χ1n) is 7.37. The normalized spacial score (nSPS) is 14.5. The lowest BCUT2D eigenvalue weighted by Gasteiger charge is -2.16. The van der Waals surface area contributed by atoms with Crippen LogP contribution < -0.4 is 16.4 Å². The fourth-order valence-corrected chi connectivity index (χ4v) is 1.95. The van der Waals surface area contributed by atoms with Crippen molar-refractivity contribution in [3.8, 4) is 0 Å². The van der Waals surface area contributed by atoms with E-state index in [1.807, 2.05) is 0 Å².